The molecule has 3 N–H and O–H groups in total. The van der Waals surface area contributed by atoms with Crippen molar-refractivity contribution in [2.75, 3.05) is 5.75 Å². The summed E-state index contributed by atoms with van der Waals surface area (Å²) < 4.78 is 26.1. The summed E-state index contributed by atoms with van der Waals surface area (Å²) in [4.78, 5) is 0.218. The fourth-order valence-electron chi connectivity index (χ4n) is 5.40. The van der Waals surface area contributed by atoms with Crippen molar-refractivity contribution in [2.24, 2.45) is 16.7 Å². The molecule has 0 amide bonds. The van der Waals surface area contributed by atoms with Crippen LogP contribution in [0.4, 0.5) is 0 Å². The van der Waals surface area contributed by atoms with Crippen LogP contribution >= 0.6 is 0 Å². The molecule has 1 unspecified atom stereocenters. The van der Waals surface area contributed by atoms with Crippen molar-refractivity contribution in [1.29, 1.82) is 0 Å². The van der Waals surface area contributed by atoms with Crippen LogP contribution in [0.5, 0.6) is 0 Å². The summed E-state index contributed by atoms with van der Waals surface area (Å²) in [6.45, 7) is 7.54. The molecule has 5 nitrogen and oxygen atoms in total. The Labute approximate surface area is 161 Å². The van der Waals surface area contributed by atoms with Crippen molar-refractivity contribution < 1.29 is 23.7 Å². The highest BCUT2D eigenvalue weighted by Crippen LogP contribution is 2.59. The predicted octanol–water partition coefficient (Wildman–Crippen LogP) is 2.32. The lowest BCUT2D eigenvalue weighted by Gasteiger charge is -2.59. The van der Waals surface area contributed by atoms with Crippen molar-refractivity contribution in [1.82, 2.24) is 0 Å². The molecular formula is C21H30O5S. The minimum absolute atomic E-state index is 0.218. The van der Waals surface area contributed by atoms with Crippen LogP contribution in [0.1, 0.15) is 40.5 Å². The summed E-state index contributed by atoms with van der Waals surface area (Å²) in [5.74, 6) is -0.708. The van der Waals surface area contributed by atoms with Crippen molar-refractivity contribution in [3.05, 3.63) is 41.5 Å². The van der Waals surface area contributed by atoms with Gasteiger partial charge in [0.15, 0.2) is 9.84 Å². The minimum atomic E-state index is -3.64. The molecule has 2 aliphatic rings. The number of aliphatic hydroxyl groups excluding tert-OH is 3. The summed E-state index contributed by atoms with van der Waals surface area (Å²) in [5, 5.41) is 32.5. The Bertz CT molecular complexity index is 843. The van der Waals surface area contributed by atoms with E-state index in [0.29, 0.717) is 24.0 Å². The van der Waals surface area contributed by atoms with Crippen molar-refractivity contribution in [3.63, 3.8) is 0 Å². The Morgan fingerprint density at radius 3 is 2.26 bits per heavy atom. The second-order valence-electron chi connectivity index (χ2n) is 8.97. The summed E-state index contributed by atoms with van der Waals surface area (Å²) >= 11 is 0. The van der Waals surface area contributed by atoms with E-state index in [0.717, 1.165) is 0 Å². The molecular weight excluding hydrogens is 364 g/mol. The fraction of sp³-hybridized carbons (Fsp3) is 0.619. The molecule has 150 valence electrons. The van der Waals surface area contributed by atoms with E-state index in [1.807, 2.05) is 20.8 Å². The summed E-state index contributed by atoms with van der Waals surface area (Å²) in [6.07, 6.45) is -1.70. The van der Waals surface area contributed by atoms with E-state index in [4.69, 9.17) is 0 Å². The molecule has 0 saturated heterocycles. The molecule has 2 aliphatic carbocycles. The maximum atomic E-state index is 13.1. The minimum Gasteiger partial charge on any atom is -0.392 e. The first-order chi connectivity index (χ1) is 12.4. The Kier molecular flexibility index (Phi) is 5.09. The van der Waals surface area contributed by atoms with E-state index >= 15 is 0 Å². The molecule has 0 aliphatic heterocycles. The number of benzene rings is 1. The first kappa shape index (κ1) is 20.5. The predicted molar refractivity (Wildman–Crippen MR) is 104 cm³/mol. The lowest BCUT2D eigenvalue weighted by molar-refractivity contribution is -0.157. The topological polar surface area (TPSA) is 94.8 Å². The van der Waals surface area contributed by atoms with Crippen LogP contribution in [0.25, 0.3) is 0 Å². The summed E-state index contributed by atoms with van der Waals surface area (Å²) in [5.41, 5.74) is -0.254. The largest absolute Gasteiger partial charge is 0.392 e. The number of sulfone groups is 1. The third-order valence-corrected chi connectivity index (χ3v) is 8.57. The summed E-state index contributed by atoms with van der Waals surface area (Å²) in [7, 11) is -3.64. The zero-order valence-corrected chi connectivity index (χ0v) is 17.2. The Balaban J connectivity index is 2.15. The Morgan fingerprint density at radius 1 is 1.07 bits per heavy atom. The smallest absolute Gasteiger partial charge is 0.182 e. The second kappa shape index (κ2) is 6.69. The van der Waals surface area contributed by atoms with Crippen LogP contribution in [0.3, 0.4) is 0 Å². The number of aliphatic hydroxyl groups is 3. The van der Waals surface area contributed by atoms with Gasteiger partial charge in [0, 0.05) is 11.3 Å². The van der Waals surface area contributed by atoms with Gasteiger partial charge in [-0.2, -0.15) is 0 Å². The zero-order valence-electron chi connectivity index (χ0n) is 16.4. The van der Waals surface area contributed by atoms with Gasteiger partial charge < -0.3 is 15.3 Å². The summed E-state index contributed by atoms with van der Waals surface area (Å²) in [6, 6.07) is 8.23. The third kappa shape index (κ3) is 3.16. The highest BCUT2D eigenvalue weighted by Gasteiger charge is 2.60. The van der Waals surface area contributed by atoms with Gasteiger partial charge in [-0.3, -0.25) is 0 Å². The molecule has 0 spiro atoms. The standard InChI is InChI=1S/C21H30O5S/c1-13-15(12-27(25,26)14-8-6-5-7-9-14)21(4)16(22)10-11-20(2,3)19(21)18(24)17(13)23/h5-9,16-19,22-24H,10-12H2,1-4H3/t16-,17+,18+,19?,21+/m0/s1. The maximum Gasteiger partial charge on any atom is 0.182 e. The molecule has 5 atom stereocenters. The van der Waals surface area contributed by atoms with E-state index < -0.39 is 39.5 Å². The third-order valence-electron chi connectivity index (χ3n) is 6.91. The van der Waals surface area contributed by atoms with E-state index in [-0.39, 0.29) is 16.1 Å². The number of rotatable bonds is 3. The van der Waals surface area contributed by atoms with Gasteiger partial charge in [-0.15, -0.1) is 0 Å². The molecule has 1 fully saturated rings. The van der Waals surface area contributed by atoms with Gasteiger partial charge in [-0.05, 0) is 48.5 Å². The van der Waals surface area contributed by atoms with Gasteiger partial charge in [-0.25, -0.2) is 8.42 Å². The van der Waals surface area contributed by atoms with Crippen molar-refractivity contribution in [2.45, 2.75) is 63.7 Å². The van der Waals surface area contributed by atoms with E-state index in [9.17, 15) is 23.7 Å². The zero-order chi connectivity index (χ0) is 20.2. The first-order valence-electron chi connectivity index (χ1n) is 9.45. The molecule has 0 heterocycles. The van der Waals surface area contributed by atoms with Crippen LogP contribution in [0, 0.1) is 16.7 Å². The van der Waals surface area contributed by atoms with Crippen LogP contribution in [0.15, 0.2) is 46.4 Å². The van der Waals surface area contributed by atoms with Gasteiger partial charge in [0.2, 0.25) is 0 Å². The van der Waals surface area contributed by atoms with Crippen LogP contribution in [0.2, 0.25) is 0 Å². The first-order valence-corrected chi connectivity index (χ1v) is 11.1. The molecule has 1 aromatic rings. The highest BCUT2D eigenvalue weighted by molar-refractivity contribution is 7.91. The average Bonchev–Trinajstić information content (AvgIpc) is 2.61. The lowest BCUT2D eigenvalue weighted by atomic mass is 9.48. The molecule has 27 heavy (non-hydrogen) atoms. The number of hydrogen-bond donors (Lipinski definition) is 3. The normalized spacial score (nSPS) is 36.4. The number of fused-ring (bicyclic) bond motifs is 1. The Morgan fingerprint density at radius 2 is 1.67 bits per heavy atom. The SMILES string of the molecule is CC1=C(CS(=O)(=O)c2ccccc2)[C@@]2(C)C([C@H](O)[C@@H]1O)C(C)(C)CC[C@@H]2O. The molecule has 1 aromatic carbocycles. The van der Waals surface area contributed by atoms with Crippen LogP contribution in [-0.2, 0) is 9.84 Å². The highest BCUT2D eigenvalue weighted by atomic mass is 32.2. The van der Waals surface area contributed by atoms with Gasteiger partial charge in [0.1, 0.15) is 6.10 Å². The quantitative estimate of drug-likeness (QED) is 0.684. The van der Waals surface area contributed by atoms with E-state index in [2.05, 4.69) is 0 Å². The molecule has 0 bridgehead atoms. The molecule has 0 radical (unpaired) electrons. The monoisotopic (exact) mass is 394 g/mol. The molecule has 1 saturated carbocycles. The molecule has 0 aromatic heterocycles. The average molecular weight is 395 g/mol. The van der Waals surface area contributed by atoms with E-state index in [1.165, 1.54) is 0 Å². The maximum absolute atomic E-state index is 13.1. The second-order valence-corrected chi connectivity index (χ2v) is 11.0. The van der Waals surface area contributed by atoms with Crippen molar-refractivity contribution in [3.8, 4) is 0 Å². The van der Waals surface area contributed by atoms with Crippen LogP contribution < -0.4 is 0 Å². The van der Waals surface area contributed by atoms with Gasteiger partial charge in [0.25, 0.3) is 0 Å². The van der Waals surface area contributed by atoms with Gasteiger partial charge in [0.05, 0.1) is 22.9 Å². The molecule has 6 heteroatoms. The molecule has 3 rings (SSSR count). The van der Waals surface area contributed by atoms with E-state index in [1.54, 1.807) is 37.3 Å². The van der Waals surface area contributed by atoms with Crippen molar-refractivity contribution >= 4 is 9.84 Å². The van der Waals surface area contributed by atoms with Crippen LogP contribution in [-0.4, -0.2) is 47.8 Å². The van der Waals surface area contributed by atoms with Gasteiger partial charge >= 0.3 is 0 Å². The fourth-order valence-corrected chi connectivity index (χ4v) is 7.06. The Hall–Kier alpha value is -1.21. The number of hydrogen-bond acceptors (Lipinski definition) is 5. The van der Waals surface area contributed by atoms with Gasteiger partial charge in [-0.1, -0.05) is 39.0 Å². The lowest BCUT2D eigenvalue weighted by Crippen LogP contribution is -2.62.